The lowest BCUT2D eigenvalue weighted by atomic mass is 9.98. The number of aromatic amines is 1. The van der Waals surface area contributed by atoms with E-state index in [2.05, 4.69) is 15.3 Å². The molecule has 0 atom stereocenters. The molecule has 1 heterocycles. The van der Waals surface area contributed by atoms with Gasteiger partial charge in [-0.15, -0.1) is 10.2 Å². The molecule has 8 nitrogen and oxygen atoms in total. The highest BCUT2D eigenvalue weighted by atomic mass is 16.4. The van der Waals surface area contributed by atoms with Crippen LogP contribution in [0, 0.1) is 13.8 Å². The minimum absolute atomic E-state index is 0.0593. The van der Waals surface area contributed by atoms with E-state index in [-0.39, 0.29) is 28.2 Å². The molecule has 0 aliphatic heterocycles. The van der Waals surface area contributed by atoms with Crippen molar-refractivity contribution in [3.8, 4) is 22.6 Å². The van der Waals surface area contributed by atoms with Crippen LogP contribution in [-0.2, 0) is 6.42 Å². The second-order valence-electron chi connectivity index (χ2n) is 8.32. The number of aromatic nitrogens is 2. The van der Waals surface area contributed by atoms with Crippen LogP contribution < -0.4 is 5.56 Å². The van der Waals surface area contributed by atoms with E-state index in [0.717, 1.165) is 17.5 Å². The lowest BCUT2D eigenvalue weighted by molar-refractivity contribution is 0.0697. The molecular formula is C27H26N4O4. The number of benzene rings is 3. The first-order valence-corrected chi connectivity index (χ1v) is 11.3. The highest BCUT2D eigenvalue weighted by molar-refractivity contribution is 5.97. The van der Waals surface area contributed by atoms with Gasteiger partial charge in [-0.2, -0.15) is 0 Å². The number of phenolic OH excluding ortho intramolecular Hbond substituents is 1. The van der Waals surface area contributed by atoms with Crippen molar-refractivity contribution in [3.63, 3.8) is 0 Å². The van der Waals surface area contributed by atoms with Crippen LogP contribution in [0.1, 0.15) is 40.5 Å². The average Bonchev–Trinajstić information content (AvgIpc) is 3.15. The fourth-order valence-corrected chi connectivity index (χ4v) is 3.89. The van der Waals surface area contributed by atoms with Crippen LogP contribution in [0.3, 0.4) is 0 Å². The van der Waals surface area contributed by atoms with Gasteiger partial charge >= 0.3 is 5.97 Å². The second-order valence-corrected chi connectivity index (χ2v) is 8.32. The molecule has 178 valence electrons. The third kappa shape index (κ3) is 4.63. The number of carbonyl (C=O) groups is 1. The van der Waals surface area contributed by atoms with Crippen molar-refractivity contribution < 1.29 is 15.0 Å². The molecule has 0 fully saturated rings. The number of nitrogens with zero attached hydrogens (tertiary/aromatic N) is 3. The van der Waals surface area contributed by atoms with Crippen LogP contribution in [0.15, 0.2) is 75.7 Å². The zero-order valence-corrected chi connectivity index (χ0v) is 19.7. The Hall–Kier alpha value is -4.46. The Kier molecular flexibility index (Phi) is 6.64. The van der Waals surface area contributed by atoms with Gasteiger partial charge in [0.25, 0.3) is 5.56 Å². The third-order valence-corrected chi connectivity index (χ3v) is 5.91. The first kappa shape index (κ1) is 23.7. The Balaban J connectivity index is 1.78. The SMILES string of the molecule is CCCc1[nH]n(-c2ccc(C)c(C)c2)c(=O)c1N=Nc1cccc(-c2ccccc2C(=O)O)c1O. The van der Waals surface area contributed by atoms with E-state index in [1.807, 2.05) is 39.0 Å². The normalized spacial score (nSPS) is 11.3. The molecule has 3 N–H and O–H groups in total. The summed E-state index contributed by atoms with van der Waals surface area (Å²) in [5.41, 5.74) is 4.23. The minimum atomic E-state index is -1.10. The number of azo groups is 1. The number of aryl methyl sites for hydroxylation is 3. The van der Waals surface area contributed by atoms with Gasteiger partial charge in [0, 0.05) is 5.56 Å². The molecule has 0 amide bonds. The molecule has 0 bridgehead atoms. The molecule has 0 aliphatic rings. The number of H-pyrrole nitrogens is 1. The predicted molar refractivity (Wildman–Crippen MR) is 135 cm³/mol. The molecule has 4 aromatic rings. The summed E-state index contributed by atoms with van der Waals surface area (Å²) in [5, 5.41) is 31.9. The minimum Gasteiger partial charge on any atom is -0.505 e. The van der Waals surface area contributed by atoms with E-state index in [4.69, 9.17) is 0 Å². The molecule has 3 aromatic carbocycles. The summed E-state index contributed by atoms with van der Waals surface area (Å²) in [6.07, 6.45) is 1.39. The quantitative estimate of drug-likeness (QED) is 0.278. The fourth-order valence-electron chi connectivity index (χ4n) is 3.89. The molecule has 4 rings (SSSR count). The number of aromatic hydroxyl groups is 1. The summed E-state index contributed by atoms with van der Waals surface area (Å²) in [5.74, 6) is -1.32. The molecular weight excluding hydrogens is 444 g/mol. The smallest absolute Gasteiger partial charge is 0.336 e. The van der Waals surface area contributed by atoms with Crippen molar-refractivity contribution in [1.82, 2.24) is 9.78 Å². The van der Waals surface area contributed by atoms with E-state index < -0.39 is 5.97 Å². The molecule has 0 saturated heterocycles. The maximum atomic E-state index is 13.2. The predicted octanol–water partition coefficient (Wildman–Crippen LogP) is 6.22. The van der Waals surface area contributed by atoms with Gasteiger partial charge in [-0.1, -0.05) is 49.7 Å². The second kappa shape index (κ2) is 9.80. The van der Waals surface area contributed by atoms with E-state index in [1.54, 1.807) is 36.4 Å². The zero-order valence-electron chi connectivity index (χ0n) is 19.7. The number of hydrogen-bond acceptors (Lipinski definition) is 5. The van der Waals surface area contributed by atoms with E-state index in [1.165, 1.54) is 10.7 Å². The highest BCUT2D eigenvalue weighted by Gasteiger charge is 2.18. The first-order valence-electron chi connectivity index (χ1n) is 11.3. The van der Waals surface area contributed by atoms with Crippen molar-refractivity contribution in [3.05, 3.63) is 93.4 Å². The number of carboxylic acid groups (broad SMARTS) is 1. The number of nitrogens with one attached hydrogen (secondary N) is 1. The summed E-state index contributed by atoms with van der Waals surface area (Å²) >= 11 is 0. The average molecular weight is 471 g/mol. The van der Waals surface area contributed by atoms with Crippen molar-refractivity contribution in [2.24, 2.45) is 10.2 Å². The number of hydrogen-bond donors (Lipinski definition) is 3. The zero-order chi connectivity index (χ0) is 25.1. The Morgan fingerprint density at radius 1 is 0.971 bits per heavy atom. The van der Waals surface area contributed by atoms with Crippen molar-refractivity contribution >= 4 is 17.3 Å². The van der Waals surface area contributed by atoms with Gasteiger partial charge in [0.2, 0.25) is 0 Å². The summed E-state index contributed by atoms with van der Waals surface area (Å²) in [6, 6.07) is 17.0. The van der Waals surface area contributed by atoms with Gasteiger partial charge in [-0.25, -0.2) is 9.48 Å². The molecule has 0 spiro atoms. The third-order valence-electron chi connectivity index (χ3n) is 5.91. The maximum absolute atomic E-state index is 13.2. The Morgan fingerprint density at radius 2 is 1.71 bits per heavy atom. The van der Waals surface area contributed by atoms with E-state index in [0.29, 0.717) is 28.9 Å². The number of para-hydroxylation sites is 1. The van der Waals surface area contributed by atoms with Gasteiger partial charge in [0.1, 0.15) is 5.69 Å². The Labute approximate surface area is 202 Å². The standard InChI is InChI=1S/C27H26N4O4/c1-4-8-22-24(26(33)31(30-22)18-14-13-16(2)17(3)15-18)29-28-23-12-7-11-20(25(23)32)19-9-5-6-10-21(19)27(34)35/h5-7,9-15,30,32H,4,8H2,1-3H3,(H,34,35). The number of carboxylic acids is 1. The number of phenols is 1. The molecule has 0 radical (unpaired) electrons. The largest absolute Gasteiger partial charge is 0.505 e. The fraction of sp³-hybridized carbons (Fsp3) is 0.185. The summed E-state index contributed by atoms with van der Waals surface area (Å²) < 4.78 is 1.45. The number of rotatable bonds is 7. The van der Waals surface area contributed by atoms with Gasteiger partial charge in [-0.05, 0) is 61.2 Å². The van der Waals surface area contributed by atoms with Crippen LogP contribution in [0.2, 0.25) is 0 Å². The summed E-state index contributed by atoms with van der Waals surface area (Å²) in [6.45, 7) is 5.99. The van der Waals surface area contributed by atoms with Gasteiger partial charge in [0.05, 0.1) is 16.9 Å². The van der Waals surface area contributed by atoms with E-state index in [9.17, 15) is 19.8 Å². The Bertz CT molecular complexity index is 1500. The van der Waals surface area contributed by atoms with Crippen molar-refractivity contribution in [2.45, 2.75) is 33.6 Å². The summed E-state index contributed by atoms with van der Waals surface area (Å²) in [4.78, 5) is 24.9. The molecule has 8 heteroatoms. The van der Waals surface area contributed by atoms with Crippen LogP contribution in [-0.4, -0.2) is 26.0 Å². The molecule has 35 heavy (non-hydrogen) atoms. The lowest BCUT2D eigenvalue weighted by Crippen LogP contribution is -2.14. The monoisotopic (exact) mass is 470 g/mol. The molecule has 0 unspecified atom stereocenters. The lowest BCUT2D eigenvalue weighted by Gasteiger charge is -2.09. The van der Waals surface area contributed by atoms with Gasteiger partial charge in [0.15, 0.2) is 11.4 Å². The van der Waals surface area contributed by atoms with Crippen molar-refractivity contribution in [1.29, 1.82) is 0 Å². The number of aromatic carboxylic acids is 1. The van der Waals surface area contributed by atoms with Crippen LogP contribution in [0.4, 0.5) is 11.4 Å². The van der Waals surface area contributed by atoms with Crippen LogP contribution in [0.5, 0.6) is 5.75 Å². The van der Waals surface area contributed by atoms with E-state index >= 15 is 0 Å². The molecule has 1 aromatic heterocycles. The molecule has 0 saturated carbocycles. The van der Waals surface area contributed by atoms with Gasteiger partial charge in [-0.3, -0.25) is 9.89 Å². The topological polar surface area (TPSA) is 120 Å². The van der Waals surface area contributed by atoms with Crippen molar-refractivity contribution in [2.75, 3.05) is 0 Å². The molecule has 0 aliphatic carbocycles. The maximum Gasteiger partial charge on any atom is 0.336 e. The Morgan fingerprint density at radius 3 is 2.43 bits per heavy atom. The first-order chi connectivity index (χ1) is 16.8. The van der Waals surface area contributed by atoms with Gasteiger partial charge < -0.3 is 10.2 Å². The van der Waals surface area contributed by atoms with Crippen LogP contribution in [0.25, 0.3) is 16.8 Å². The van der Waals surface area contributed by atoms with Crippen LogP contribution >= 0.6 is 0 Å². The summed E-state index contributed by atoms with van der Waals surface area (Å²) in [7, 11) is 0. The highest BCUT2D eigenvalue weighted by Crippen LogP contribution is 2.39.